The predicted octanol–water partition coefficient (Wildman–Crippen LogP) is 4.99. The highest BCUT2D eigenvalue weighted by Gasteiger charge is 2.50. The fraction of sp³-hybridized carbons (Fsp3) is 0.206. The molecule has 3 aliphatic rings. The molecule has 2 heterocycles. The van der Waals surface area contributed by atoms with Gasteiger partial charge < -0.3 is 15.0 Å². The highest BCUT2D eigenvalue weighted by Crippen LogP contribution is 2.35. The topological polar surface area (TPSA) is 87.7 Å². The van der Waals surface area contributed by atoms with E-state index in [0.29, 0.717) is 29.3 Å². The van der Waals surface area contributed by atoms with Crippen LogP contribution >= 0.6 is 0 Å². The first-order valence-corrected chi connectivity index (χ1v) is 13.8. The molecule has 1 aliphatic carbocycles. The highest BCUT2D eigenvalue weighted by molar-refractivity contribution is 6.08. The van der Waals surface area contributed by atoms with Crippen LogP contribution in [0.2, 0.25) is 0 Å². The Labute approximate surface area is 237 Å². The van der Waals surface area contributed by atoms with E-state index in [2.05, 4.69) is 46.7 Å². The minimum absolute atomic E-state index is 0.00520. The zero-order valence-corrected chi connectivity index (χ0v) is 22.3. The maximum absolute atomic E-state index is 13.5. The van der Waals surface area contributed by atoms with Crippen LogP contribution in [0, 0.1) is 17.8 Å². The second-order valence-corrected chi connectivity index (χ2v) is 10.8. The number of hydrogen-bond donors (Lipinski definition) is 2. The Morgan fingerprint density at radius 2 is 1.71 bits per heavy atom. The molecule has 2 fully saturated rings. The zero-order chi connectivity index (χ0) is 28.0. The maximum atomic E-state index is 13.5. The lowest BCUT2D eigenvalue weighted by Gasteiger charge is -2.31. The van der Waals surface area contributed by atoms with Crippen molar-refractivity contribution in [3.8, 4) is 28.7 Å². The van der Waals surface area contributed by atoms with E-state index in [1.54, 1.807) is 11.0 Å². The van der Waals surface area contributed by atoms with Crippen LogP contribution in [-0.2, 0) is 16.9 Å². The number of nitrogens with zero attached hydrogens (tertiary/aromatic N) is 1. The second-order valence-electron chi connectivity index (χ2n) is 10.8. The summed E-state index contributed by atoms with van der Waals surface area (Å²) in [4.78, 5) is 40.8. The standard InChI is InChI=1S/C34H27N3O4/c38-31-30-19-27(41-18-4-5-22-10-11-22)17-14-25(30)20-37(31)21-34(32(39)35-33(40)36-34)26-15-12-24(13-16-26)29-9-3-7-23-6-1-2-8-28(23)29/h1-3,6-9,12-17,19,22H,10-11,18,20-21H2,(H2,35,36,39,40)/t34-/m0/s1. The van der Waals surface area contributed by atoms with Crippen LogP contribution in [0.5, 0.6) is 5.75 Å². The molecule has 0 unspecified atom stereocenters. The Balaban J connectivity index is 1.15. The molecule has 4 amide bonds. The molecule has 2 N–H and O–H groups in total. The van der Waals surface area contributed by atoms with Crippen LogP contribution in [0.1, 0.15) is 34.3 Å². The van der Waals surface area contributed by atoms with Gasteiger partial charge in [-0.05, 0) is 58.0 Å². The van der Waals surface area contributed by atoms with Gasteiger partial charge in [0.25, 0.3) is 11.8 Å². The van der Waals surface area contributed by atoms with Gasteiger partial charge in [-0.3, -0.25) is 14.9 Å². The molecule has 4 aromatic carbocycles. The molecule has 4 aromatic rings. The number of imide groups is 1. The van der Waals surface area contributed by atoms with E-state index in [9.17, 15) is 14.4 Å². The molecule has 7 heteroatoms. The van der Waals surface area contributed by atoms with Gasteiger partial charge in [0.2, 0.25) is 0 Å². The molecule has 7 nitrogen and oxygen atoms in total. The maximum Gasteiger partial charge on any atom is 0.322 e. The Hall–Kier alpha value is -5.09. The number of hydrogen-bond acceptors (Lipinski definition) is 4. The van der Waals surface area contributed by atoms with Gasteiger partial charge in [0.05, 0.1) is 6.54 Å². The minimum Gasteiger partial charge on any atom is -0.481 e. The van der Waals surface area contributed by atoms with Crippen molar-refractivity contribution in [3.63, 3.8) is 0 Å². The Kier molecular flexibility index (Phi) is 5.97. The van der Waals surface area contributed by atoms with Gasteiger partial charge in [-0.25, -0.2) is 4.79 Å². The van der Waals surface area contributed by atoms with Gasteiger partial charge in [-0.2, -0.15) is 0 Å². The SMILES string of the molecule is O=C1NC(=O)[C@](CN2Cc3ccc(OCC#CC4CC4)cc3C2=O)(c2ccc(-c3cccc4ccccc34)cc2)N1. The van der Waals surface area contributed by atoms with Gasteiger partial charge in [0.1, 0.15) is 12.4 Å². The van der Waals surface area contributed by atoms with Crippen LogP contribution in [-0.4, -0.2) is 35.9 Å². The average molecular weight is 542 g/mol. The lowest BCUT2D eigenvalue weighted by molar-refractivity contribution is -0.124. The van der Waals surface area contributed by atoms with Gasteiger partial charge in [-0.15, -0.1) is 0 Å². The van der Waals surface area contributed by atoms with Crippen LogP contribution in [0.15, 0.2) is 84.9 Å². The van der Waals surface area contributed by atoms with Crippen LogP contribution in [0.4, 0.5) is 4.79 Å². The molecule has 2 aliphatic heterocycles. The number of rotatable bonds is 6. The summed E-state index contributed by atoms with van der Waals surface area (Å²) in [5.74, 6) is 6.58. The van der Waals surface area contributed by atoms with Crippen molar-refractivity contribution < 1.29 is 19.1 Å². The molecular formula is C34H27N3O4. The molecule has 1 atom stereocenters. The van der Waals surface area contributed by atoms with Crippen LogP contribution < -0.4 is 15.4 Å². The third-order valence-electron chi connectivity index (χ3n) is 8.00. The molecule has 0 radical (unpaired) electrons. The highest BCUT2D eigenvalue weighted by atomic mass is 16.5. The first-order valence-electron chi connectivity index (χ1n) is 13.8. The fourth-order valence-electron chi connectivity index (χ4n) is 5.69. The summed E-state index contributed by atoms with van der Waals surface area (Å²) >= 11 is 0. The number of nitrogens with one attached hydrogen (secondary N) is 2. The van der Waals surface area contributed by atoms with Crippen molar-refractivity contribution in [1.82, 2.24) is 15.5 Å². The van der Waals surface area contributed by atoms with E-state index in [-0.39, 0.29) is 19.1 Å². The number of carbonyl (C=O) groups is 3. The van der Waals surface area contributed by atoms with Crippen molar-refractivity contribution >= 4 is 28.6 Å². The van der Waals surface area contributed by atoms with Crippen LogP contribution in [0.25, 0.3) is 21.9 Å². The van der Waals surface area contributed by atoms with Crippen molar-refractivity contribution in [3.05, 3.63) is 102 Å². The zero-order valence-electron chi connectivity index (χ0n) is 22.3. The number of amides is 4. The quantitative estimate of drug-likeness (QED) is 0.266. The van der Waals surface area contributed by atoms with E-state index in [1.807, 2.05) is 54.6 Å². The summed E-state index contributed by atoms with van der Waals surface area (Å²) in [5.41, 5.74) is 2.63. The molecule has 0 spiro atoms. The molecule has 41 heavy (non-hydrogen) atoms. The average Bonchev–Trinajstić information content (AvgIpc) is 3.71. The van der Waals surface area contributed by atoms with Gasteiger partial charge in [0.15, 0.2) is 5.54 Å². The van der Waals surface area contributed by atoms with E-state index >= 15 is 0 Å². The Morgan fingerprint density at radius 3 is 2.49 bits per heavy atom. The number of carbonyl (C=O) groups excluding carboxylic acids is 3. The lowest BCUT2D eigenvalue weighted by Crippen LogP contribution is -2.52. The molecule has 0 aromatic heterocycles. The normalized spacial score (nSPS) is 19.4. The van der Waals surface area contributed by atoms with E-state index < -0.39 is 17.5 Å². The van der Waals surface area contributed by atoms with Crippen molar-refractivity contribution in [1.29, 1.82) is 0 Å². The second kappa shape index (κ2) is 9.83. The van der Waals surface area contributed by atoms with E-state index in [0.717, 1.165) is 40.3 Å². The summed E-state index contributed by atoms with van der Waals surface area (Å²) in [6.07, 6.45) is 2.31. The number of fused-ring (bicyclic) bond motifs is 2. The summed E-state index contributed by atoms with van der Waals surface area (Å²) in [6, 6.07) is 26.8. The molecule has 7 rings (SSSR count). The minimum atomic E-state index is -1.41. The van der Waals surface area contributed by atoms with E-state index in [1.165, 1.54) is 0 Å². The van der Waals surface area contributed by atoms with Crippen LogP contribution in [0.3, 0.4) is 0 Å². The van der Waals surface area contributed by atoms with Gasteiger partial charge in [0, 0.05) is 18.0 Å². The van der Waals surface area contributed by atoms with Gasteiger partial charge in [-0.1, -0.05) is 84.6 Å². The monoisotopic (exact) mass is 541 g/mol. The number of urea groups is 1. The summed E-state index contributed by atoms with van der Waals surface area (Å²) in [7, 11) is 0. The first-order chi connectivity index (χ1) is 20.0. The van der Waals surface area contributed by atoms with Crippen molar-refractivity contribution in [2.24, 2.45) is 5.92 Å². The fourth-order valence-corrected chi connectivity index (χ4v) is 5.69. The Morgan fingerprint density at radius 1 is 0.902 bits per heavy atom. The number of ether oxygens (including phenoxy) is 1. The lowest BCUT2D eigenvalue weighted by atomic mass is 9.87. The van der Waals surface area contributed by atoms with E-state index in [4.69, 9.17) is 4.74 Å². The van der Waals surface area contributed by atoms with Crippen molar-refractivity contribution in [2.75, 3.05) is 13.2 Å². The van der Waals surface area contributed by atoms with Gasteiger partial charge >= 0.3 is 6.03 Å². The number of benzene rings is 4. The smallest absolute Gasteiger partial charge is 0.322 e. The first kappa shape index (κ1) is 24.9. The summed E-state index contributed by atoms with van der Waals surface area (Å²) in [5, 5.41) is 7.47. The Bertz CT molecular complexity index is 1780. The predicted molar refractivity (Wildman–Crippen MR) is 155 cm³/mol. The third-order valence-corrected chi connectivity index (χ3v) is 8.00. The summed E-state index contributed by atoms with van der Waals surface area (Å²) < 4.78 is 5.76. The molecule has 202 valence electrons. The third kappa shape index (κ3) is 4.57. The molecule has 1 saturated heterocycles. The molecule has 1 saturated carbocycles. The van der Waals surface area contributed by atoms with Crippen molar-refractivity contribution in [2.45, 2.75) is 24.9 Å². The summed E-state index contributed by atoms with van der Waals surface area (Å²) in [6.45, 7) is 0.598. The molecular weight excluding hydrogens is 514 g/mol. The molecule has 0 bridgehead atoms. The largest absolute Gasteiger partial charge is 0.481 e.